The Labute approximate surface area is 185 Å². The number of fused-ring (bicyclic) bond motifs is 1. The van der Waals surface area contributed by atoms with Crippen LogP contribution in [0.1, 0.15) is 34.6 Å². The van der Waals surface area contributed by atoms with Crippen LogP contribution < -0.4 is 0 Å². The van der Waals surface area contributed by atoms with E-state index in [1.807, 2.05) is 0 Å². The number of aliphatic imine (C=N–C) groups is 1. The van der Waals surface area contributed by atoms with E-state index < -0.39 is 55.3 Å². The molecule has 0 spiro atoms. The summed E-state index contributed by atoms with van der Waals surface area (Å²) in [5, 5.41) is 0.437. The Hall–Kier alpha value is -1.46. The molecular formula is C18H28NO10PS. The van der Waals surface area contributed by atoms with Crippen molar-refractivity contribution in [2.45, 2.75) is 64.4 Å². The van der Waals surface area contributed by atoms with Crippen molar-refractivity contribution in [2.24, 2.45) is 4.99 Å². The summed E-state index contributed by atoms with van der Waals surface area (Å²) in [6.45, 7) is 7.28. The van der Waals surface area contributed by atoms with Gasteiger partial charge in [-0.25, -0.2) is 0 Å². The Balaban J connectivity index is 2.30. The number of hydrogen-bond acceptors (Lipinski definition) is 12. The summed E-state index contributed by atoms with van der Waals surface area (Å²) in [7, 11) is -3.42. The first-order valence-corrected chi connectivity index (χ1v) is 12.4. The molecule has 2 aliphatic heterocycles. The van der Waals surface area contributed by atoms with E-state index in [0.717, 1.165) is 0 Å². The van der Waals surface area contributed by atoms with Gasteiger partial charge in [0.25, 0.3) is 0 Å². The highest BCUT2D eigenvalue weighted by Crippen LogP contribution is 2.51. The van der Waals surface area contributed by atoms with E-state index in [9.17, 15) is 18.9 Å². The first kappa shape index (κ1) is 25.8. The number of rotatable bonds is 10. The monoisotopic (exact) mass is 481 g/mol. The average molecular weight is 481 g/mol. The van der Waals surface area contributed by atoms with Gasteiger partial charge in [0.1, 0.15) is 24.2 Å². The molecule has 13 heteroatoms. The number of carbonyl (C=O) groups is 3. The molecule has 1 fully saturated rings. The van der Waals surface area contributed by atoms with Crippen LogP contribution in [0.25, 0.3) is 0 Å². The van der Waals surface area contributed by atoms with E-state index in [4.69, 9.17) is 28.0 Å². The van der Waals surface area contributed by atoms with Crippen molar-refractivity contribution in [3.63, 3.8) is 0 Å². The molecule has 176 valence electrons. The highest BCUT2D eigenvalue weighted by Gasteiger charge is 2.53. The summed E-state index contributed by atoms with van der Waals surface area (Å²) in [5.74, 6) is -1.76. The fraction of sp³-hybridized carbons (Fsp3) is 0.778. The molecule has 0 aromatic carbocycles. The minimum atomic E-state index is -3.42. The number of hydrogen-bond donors (Lipinski definition) is 0. The predicted octanol–water partition coefficient (Wildman–Crippen LogP) is 1.92. The van der Waals surface area contributed by atoms with E-state index in [-0.39, 0.29) is 26.0 Å². The molecule has 0 saturated carbocycles. The third-order valence-corrected chi connectivity index (χ3v) is 7.54. The molecule has 2 aliphatic rings. The Morgan fingerprint density at radius 1 is 1.00 bits per heavy atom. The fourth-order valence-electron chi connectivity index (χ4n) is 3.22. The van der Waals surface area contributed by atoms with Crippen molar-refractivity contribution in [3.05, 3.63) is 0 Å². The summed E-state index contributed by atoms with van der Waals surface area (Å²) in [6, 6.07) is -0.724. The molecule has 1 saturated heterocycles. The van der Waals surface area contributed by atoms with Crippen molar-refractivity contribution in [3.8, 4) is 0 Å². The second-order valence-electron chi connectivity index (χ2n) is 6.73. The zero-order valence-electron chi connectivity index (χ0n) is 18.1. The van der Waals surface area contributed by atoms with Crippen LogP contribution in [0.5, 0.6) is 0 Å². The summed E-state index contributed by atoms with van der Waals surface area (Å²) >= 11 is 1.19. The van der Waals surface area contributed by atoms with Crippen molar-refractivity contribution in [1.29, 1.82) is 0 Å². The SMILES string of the molecule is CCOP(=O)(CC1=N[C@@H]2[C@@H](OC(C)=O)[C@H](OC(C)=O)[C@@H](COC(C)=O)O[C@@H]2S1)OCC. The maximum absolute atomic E-state index is 12.9. The van der Waals surface area contributed by atoms with Crippen LogP contribution in [0, 0.1) is 0 Å². The van der Waals surface area contributed by atoms with E-state index in [2.05, 4.69) is 4.99 Å². The van der Waals surface area contributed by atoms with Crippen molar-refractivity contribution in [2.75, 3.05) is 26.0 Å². The van der Waals surface area contributed by atoms with Crippen LogP contribution >= 0.6 is 19.4 Å². The molecule has 0 amide bonds. The lowest BCUT2D eigenvalue weighted by molar-refractivity contribution is -0.208. The molecule has 11 nitrogen and oxygen atoms in total. The summed E-state index contributed by atoms with van der Waals surface area (Å²) in [6.07, 6.45) is -2.98. The number of esters is 3. The fourth-order valence-corrected chi connectivity index (χ4v) is 6.45. The molecule has 0 unspecified atom stereocenters. The van der Waals surface area contributed by atoms with Crippen molar-refractivity contribution >= 4 is 42.3 Å². The predicted molar refractivity (Wildman–Crippen MR) is 111 cm³/mol. The smallest absolute Gasteiger partial charge is 0.337 e. The Morgan fingerprint density at radius 3 is 2.10 bits per heavy atom. The molecule has 5 atom stereocenters. The molecule has 0 radical (unpaired) electrons. The standard InChI is InChI=1S/C18H28NO10PS/c1-6-25-30(23,26-7-2)9-14-19-15-17(28-12(5)22)16(27-11(4)21)13(8-24-10(3)20)29-18(15)31-14/h13,15-18H,6-9H2,1-5H3/t13-,15-,16-,17-,18-/m1/s1. The lowest BCUT2D eigenvalue weighted by Crippen LogP contribution is -2.59. The van der Waals surface area contributed by atoms with Gasteiger partial charge < -0.3 is 28.0 Å². The molecule has 2 rings (SSSR count). The molecular weight excluding hydrogens is 453 g/mol. The Kier molecular flexibility index (Phi) is 9.50. The number of nitrogens with zero attached hydrogens (tertiary/aromatic N) is 1. The lowest BCUT2D eigenvalue weighted by Gasteiger charge is -2.41. The van der Waals surface area contributed by atoms with Crippen molar-refractivity contribution < 1.29 is 46.9 Å². The van der Waals surface area contributed by atoms with Gasteiger partial charge in [-0.15, -0.1) is 0 Å². The summed E-state index contributed by atoms with van der Waals surface area (Å²) < 4.78 is 45.4. The molecule has 31 heavy (non-hydrogen) atoms. The molecule has 0 N–H and O–H groups in total. The number of carbonyl (C=O) groups excluding carboxylic acids is 3. The molecule has 0 aliphatic carbocycles. The van der Waals surface area contributed by atoms with Gasteiger partial charge in [0, 0.05) is 20.8 Å². The first-order valence-electron chi connectivity index (χ1n) is 9.83. The van der Waals surface area contributed by atoms with Gasteiger partial charge in [0.2, 0.25) is 0 Å². The highest BCUT2D eigenvalue weighted by molar-refractivity contribution is 8.15. The Bertz CT molecular complexity index is 750. The second kappa shape index (κ2) is 11.4. The average Bonchev–Trinajstić information content (AvgIpc) is 3.03. The molecule has 0 aromatic rings. The van der Waals surface area contributed by atoms with Crippen LogP contribution in [0.15, 0.2) is 4.99 Å². The number of ether oxygens (including phenoxy) is 4. The van der Waals surface area contributed by atoms with E-state index in [0.29, 0.717) is 5.04 Å². The van der Waals surface area contributed by atoms with Gasteiger partial charge >= 0.3 is 25.5 Å². The molecule has 0 aromatic heterocycles. The van der Waals surface area contributed by atoms with Gasteiger partial charge in [-0.3, -0.25) is 23.9 Å². The quantitative estimate of drug-likeness (QED) is 0.257. The lowest BCUT2D eigenvalue weighted by atomic mass is 9.98. The van der Waals surface area contributed by atoms with Gasteiger partial charge in [-0.05, 0) is 13.8 Å². The van der Waals surface area contributed by atoms with Gasteiger partial charge in [-0.1, -0.05) is 11.8 Å². The van der Waals surface area contributed by atoms with Crippen molar-refractivity contribution in [1.82, 2.24) is 0 Å². The Morgan fingerprint density at radius 2 is 1.58 bits per heavy atom. The summed E-state index contributed by atoms with van der Waals surface area (Å²) in [5.41, 5.74) is -0.636. The minimum Gasteiger partial charge on any atom is -0.463 e. The van der Waals surface area contributed by atoms with Crippen LogP contribution in [0.2, 0.25) is 0 Å². The minimum absolute atomic E-state index is 0.0741. The maximum atomic E-state index is 12.9. The highest BCUT2D eigenvalue weighted by atomic mass is 32.2. The third-order valence-electron chi connectivity index (χ3n) is 4.20. The zero-order valence-corrected chi connectivity index (χ0v) is 19.8. The normalized spacial score (nSPS) is 27.8. The maximum Gasteiger partial charge on any atom is 0.337 e. The van der Waals surface area contributed by atoms with Gasteiger partial charge in [0.05, 0.1) is 24.4 Å². The van der Waals surface area contributed by atoms with Crippen LogP contribution in [-0.2, 0) is 46.9 Å². The first-order chi connectivity index (χ1) is 14.6. The molecule has 0 bridgehead atoms. The second-order valence-corrected chi connectivity index (χ2v) is 9.96. The third kappa shape index (κ3) is 7.28. The molecule has 2 heterocycles. The van der Waals surface area contributed by atoms with E-state index >= 15 is 0 Å². The van der Waals surface area contributed by atoms with Crippen LogP contribution in [0.3, 0.4) is 0 Å². The van der Waals surface area contributed by atoms with Crippen LogP contribution in [0.4, 0.5) is 0 Å². The summed E-state index contributed by atoms with van der Waals surface area (Å²) in [4.78, 5) is 39.2. The van der Waals surface area contributed by atoms with E-state index in [1.54, 1.807) is 13.8 Å². The van der Waals surface area contributed by atoms with E-state index in [1.165, 1.54) is 32.5 Å². The largest absolute Gasteiger partial charge is 0.463 e. The number of thioether (sulfide) groups is 1. The topological polar surface area (TPSA) is 136 Å². The van der Waals surface area contributed by atoms with Crippen LogP contribution in [-0.4, -0.2) is 78.7 Å². The van der Waals surface area contributed by atoms with Gasteiger partial charge in [0.15, 0.2) is 12.2 Å². The zero-order chi connectivity index (χ0) is 23.2. The van der Waals surface area contributed by atoms with Gasteiger partial charge in [-0.2, -0.15) is 0 Å².